The van der Waals surface area contributed by atoms with Crippen molar-refractivity contribution in [3.05, 3.63) is 97.1 Å². The Kier molecular flexibility index (Phi) is 7.30. The maximum absolute atomic E-state index is 13.3. The zero-order valence-electron chi connectivity index (χ0n) is 19.3. The van der Waals surface area contributed by atoms with Crippen molar-refractivity contribution in [3.63, 3.8) is 0 Å². The zero-order chi connectivity index (χ0) is 25.5. The van der Waals surface area contributed by atoms with E-state index in [1.165, 1.54) is 41.4 Å². The number of nitrogens with one attached hydrogen (secondary N) is 2. The first-order valence-electron chi connectivity index (χ1n) is 10.8. The van der Waals surface area contributed by atoms with Crippen molar-refractivity contribution in [2.24, 2.45) is 7.05 Å². The number of amides is 2. The lowest BCUT2D eigenvalue weighted by molar-refractivity contribution is -0.111. The number of nitrogens with zero attached hydrogens (tertiary/aromatic N) is 5. The van der Waals surface area contributed by atoms with E-state index >= 15 is 0 Å². The summed E-state index contributed by atoms with van der Waals surface area (Å²) in [5, 5.41) is 9.88. The zero-order valence-corrected chi connectivity index (χ0v) is 19.3. The van der Waals surface area contributed by atoms with Crippen LogP contribution in [0.2, 0.25) is 0 Å². The van der Waals surface area contributed by atoms with Crippen molar-refractivity contribution in [3.8, 4) is 0 Å². The summed E-state index contributed by atoms with van der Waals surface area (Å²) in [4.78, 5) is 34.9. The summed E-state index contributed by atoms with van der Waals surface area (Å²) >= 11 is 0. The van der Waals surface area contributed by atoms with Crippen LogP contribution in [0.1, 0.15) is 5.56 Å². The molecule has 0 aliphatic rings. The number of hydrogen-bond acceptors (Lipinski definition) is 7. The summed E-state index contributed by atoms with van der Waals surface area (Å²) in [5.41, 5.74) is 1.43. The quantitative estimate of drug-likeness (QED) is 0.347. The van der Waals surface area contributed by atoms with Gasteiger partial charge in [0.1, 0.15) is 18.2 Å². The van der Waals surface area contributed by atoms with Crippen molar-refractivity contribution >= 4 is 41.0 Å². The molecular weight excluding hydrogens is 465 g/mol. The maximum Gasteiger partial charge on any atom is 0.420 e. The Balaban J connectivity index is 1.65. The minimum absolute atomic E-state index is 0.0906. The summed E-state index contributed by atoms with van der Waals surface area (Å²) < 4.78 is 20.4. The molecule has 0 aliphatic carbocycles. The molecule has 2 aromatic heterocycles. The minimum atomic E-state index is -0.742. The number of aryl methyl sites for hydroxylation is 1. The van der Waals surface area contributed by atoms with Gasteiger partial charge in [-0.3, -0.25) is 9.48 Å². The fraction of sp³-hybridized carbons (Fsp3) is 0.0800. The van der Waals surface area contributed by atoms with E-state index in [1.807, 2.05) is 0 Å². The van der Waals surface area contributed by atoms with Crippen molar-refractivity contribution in [2.75, 3.05) is 15.5 Å². The molecule has 0 unspecified atom stereocenters. The predicted octanol–water partition coefficient (Wildman–Crippen LogP) is 4.69. The highest BCUT2D eigenvalue weighted by molar-refractivity contribution is 6.00. The molecule has 0 bridgehead atoms. The van der Waals surface area contributed by atoms with Crippen LogP contribution in [0, 0.1) is 5.82 Å². The molecule has 2 N–H and O–H groups in total. The van der Waals surface area contributed by atoms with Gasteiger partial charge >= 0.3 is 6.09 Å². The van der Waals surface area contributed by atoms with Gasteiger partial charge in [0.25, 0.3) is 0 Å². The molecular formula is C25H22FN7O3. The van der Waals surface area contributed by atoms with Gasteiger partial charge in [0, 0.05) is 37.3 Å². The topological polar surface area (TPSA) is 114 Å². The third-order valence-corrected chi connectivity index (χ3v) is 4.84. The highest BCUT2D eigenvalue weighted by atomic mass is 19.1. The van der Waals surface area contributed by atoms with Crippen molar-refractivity contribution in [1.29, 1.82) is 0 Å². The highest BCUT2D eigenvalue weighted by Crippen LogP contribution is 2.28. The fourth-order valence-corrected chi connectivity index (χ4v) is 3.17. The van der Waals surface area contributed by atoms with E-state index in [2.05, 4.69) is 32.3 Å². The molecule has 11 heteroatoms. The Labute approximate surface area is 206 Å². The third kappa shape index (κ3) is 6.08. The van der Waals surface area contributed by atoms with Crippen LogP contribution in [0.5, 0.6) is 0 Å². The molecule has 0 radical (unpaired) electrons. The number of halogens is 1. The molecule has 0 fully saturated rings. The summed E-state index contributed by atoms with van der Waals surface area (Å²) in [5.74, 6) is 0.146. The van der Waals surface area contributed by atoms with Crippen LogP contribution in [0.15, 0.2) is 85.7 Å². The van der Waals surface area contributed by atoms with E-state index in [0.717, 1.165) is 6.08 Å². The molecule has 2 amide bonds. The fourth-order valence-electron chi connectivity index (χ4n) is 3.17. The molecule has 0 atom stereocenters. The Morgan fingerprint density at radius 1 is 1.17 bits per heavy atom. The van der Waals surface area contributed by atoms with Crippen molar-refractivity contribution in [1.82, 2.24) is 19.7 Å². The van der Waals surface area contributed by atoms with Gasteiger partial charge in [0.05, 0.1) is 5.69 Å². The van der Waals surface area contributed by atoms with Crippen LogP contribution in [0.4, 0.5) is 38.1 Å². The average Bonchev–Trinajstić information content (AvgIpc) is 3.28. The second-order valence-electron chi connectivity index (χ2n) is 7.50. The summed E-state index contributed by atoms with van der Waals surface area (Å²) in [6, 6.07) is 15.5. The molecule has 0 saturated carbocycles. The largest absolute Gasteiger partial charge is 0.444 e. The summed E-state index contributed by atoms with van der Waals surface area (Å²) in [6.07, 6.45) is 3.64. The number of carbonyl (C=O) groups is 2. The van der Waals surface area contributed by atoms with Gasteiger partial charge in [0.15, 0.2) is 5.82 Å². The second-order valence-corrected chi connectivity index (χ2v) is 7.50. The van der Waals surface area contributed by atoms with E-state index in [0.29, 0.717) is 22.8 Å². The van der Waals surface area contributed by atoms with E-state index in [-0.39, 0.29) is 24.2 Å². The lowest BCUT2D eigenvalue weighted by Gasteiger charge is -2.22. The van der Waals surface area contributed by atoms with Crippen molar-refractivity contribution < 1.29 is 18.7 Å². The molecule has 4 rings (SSSR count). The Hall–Kier alpha value is -5.06. The van der Waals surface area contributed by atoms with E-state index < -0.39 is 12.0 Å². The minimum Gasteiger partial charge on any atom is -0.444 e. The van der Waals surface area contributed by atoms with Gasteiger partial charge < -0.3 is 15.4 Å². The molecule has 182 valence electrons. The standard InChI is InChI=1S/C25H22FN7O3/c1-3-23(34)28-19-5-4-6-20(15-19)33(25(35)36-16-17-7-9-18(26)10-8-17)22-11-13-27-24(30-22)29-21-12-14-32(2)31-21/h3-15H,1,16H2,2H3,(H,28,34)(H,27,29,30,31). The van der Waals surface area contributed by atoms with Gasteiger partial charge in [-0.2, -0.15) is 10.1 Å². The van der Waals surface area contributed by atoms with Crippen LogP contribution in [0.3, 0.4) is 0 Å². The number of ether oxygens (including phenoxy) is 1. The number of anilines is 5. The number of hydrogen-bond donors (Lipinski definition) is 2. The van der Waals surface area contributed by atoms with Gasteiger partial charge in [-0.05, 0) is 42.0 Å². The molecule has 0 aliphatic heterocycles. The first kappa shape index (κ1) is 24.1. The maximum atomic E-state index is 13.3. The Morgan fingerprint density at radius 3 is 2.69 bits per heavy atom. The SMILES string of the molecule is C=CC(=O)Nc1cccc(N(C(=O)OCc2ccc(F)cc2)c2ccnc(Nc3ccn(C)n3)n2)c1. The number of aromatic nitrogens is 4. The van der Waals surface area contributed by atoms with Gasteiger partial charge in [-0.1, -0.05) is 24.8 Å². The van der Waals surface area contributed by atoms with E-state index in [9.17, 15) is 14.0 Å². The van der Waals surface area contributed by atoms with Crippen LogP contribution >= 0.6 is 0 Å². The van der Waals surface area contributed by atoms with Crippen LogP contribution in [-0.2, 0) is 23.2 Å². The Morgan fingerprint density at radius 2 is 1.97 bits per heavy atom. The average molecular weight is 487 g/mol. The number of carbonyl (C=O) groups excluding carboxylic acids is 2. The van der Waals surface area contributed by atoms with Crippen LogP contribution in [-0.4, -0.2) is 31.7 Å². The normalized spacial score (nSPS) is 10.4. The Bertz CT molecular complexity index is 1390. The van der Waals surface area contributed by atoms with E-state index in [1.54, 1.807) is 48.3 Å². The van der Waals surface area contributed by atoms with Crippen LogP contribution in [0.25, 0.3) is 0 Å². The second kappa shape index (κ2) is 10.9. The first-order chi connectivity index (χ1) is 17.4. The molecule has 0 spiro atoms. The first-order valence-corrected chi connectivity index (χ1v) is 10.8. The molecule has 4 aromatic rings. The van der Waals surface area contributed by atoms with Crippen molar-refractivity contribution in [2.45, 2.75) is 6.61 Å². The smallest absolute Gasteiger partial charge is 0.420 e. The molecule has 2 aromatic carbocycles. The lowest BCUT2D eigenvalue weighted by Crippen LogP contribution is -2.28. The van der Waals surface area contributed by atoms with Gasteiger partial charge in [0.2, 0.25) is 11.9 Å². The third-order valence-electron chi connectivity index (χ3n) is 4.84. The molecule has 2 heterocycles. The summed E-state index contributed by atoms with van der Waals surface area (Å²) in [7, 11) is 1.78. The molecule has 36 heavy (non-hydrogen) atoms. The van der Waals surface area contributed by atoms with Gasteiger partial charge in [-0.15, -0.1) is 0 Å². The molecule has 0 saturated heterocycles. The highest BCUT2D eigenvalue weighted by Gasteiger charge is 2.22. The van der Waals surface area contributed by atoms with E-state index in [4.69, 9.17) is 4.74 Å². The molecule has 10 nitrogen and oxygen atoms in total. The van der Waals surface area contributed by atoms with Gasteiger partial charge in [-0.25, -0.2) is 19.1 Å². The summed E-state index contributed by atoms with van der Waals surface area (Å²) in [6.45, 7) is 3.35. The van der Waals surface area contributed by atoms with Crippen LogP contribution < -0.4 is 15.5 Å². The lowest BCUT2D eigenvalue weighted by atomic mass is 10.2. The number of benzene rings is 2. The number of rotatable bonds is 8. The predicted molar refractivity (Wildman–Crippen MR) is 133 cm³/mol. The monoisotopic (exact) mass is 487 g/mol.